The van der Waals surface area contributed by atoms with Crippen LogP contribution in [0.4, 0.5) is 5.95 Å². The van der Waals surface area contributed by atoms with Crippen LogP contribution in [0.15, 0.2) is 42.7 Å². The largest absolute Gasteiger partial charge is 0.338 e. The van der Waals surface area contributed by atoms with Gasteiger partial charge in [-0.15, -0.1) is 0 Å². The van der Waals surface area contributed by atoms with E-state index < -0.39 is 0 Å². The summed E-state index contributed by atoms with van der Waals surface area (Å²) in [5.41, 5.74) is 7.45. The lowest BCUT2D eigenvalue weighted by atomic mass is 10.0. The van der Waals surface area contributed by atoms with Gasteiger partial charge in [-0.25, -0.2) is 20.8 Å². The quantitative estimate of drug-likeness (QED) is 0.848. The number of piperazine rings is 1. The molecule has 2 aliphatic heterocycles. The van der Waals surface area contributed by atoms with Crippen molar-refractivity contribution in [3.63, 3.8) is 0 Å². The first-order valence-corrected chi connectivity index (χ1v) is 9.16. The van der Waals surface area contributed by atoms with Crippen LogP contribution in [-0.2, 0) is 4.79 Å². The topological polar surface area (TPSA) is 73.4 Å². The number of hydrogen-bond acceptors (Lipinski definition) is 6. The van der Waals surface area contributed by atoms with Crippen LogP contribution < -0.4 is 15.8 Å². The van der Waals surface area contributed by atoms with Gasteiger partial charge in [-0.2, -0.15) is 0 Å². The molecule has 2 fully saturated rings. The second-order valence-corrected chi connectivity index (χ2v) is 6.98. The van der Waals surface area contributed by atoms with Crippen LogP contribution in [0.2, 0.25) is 5.02 Å². The Kier molecular flexibility index (Phi) is 5.01. The van der Waals surface area contributed by atoms with Gasteiger partial charge < -0.3 is 9.80 Å². The van der Waals surface area contributed by atoms with Gasteiger partial charge in [-0.1, -0.05) is 23.7 Å². The van der Waals surface area contributed by atoms with E-state index in [9.17, 15) is 4.79 Å². The summed E-state index contributed by atoms with van der Waals surface area (Å²) in [6.45, 7) is 2.84. The molecule has 7 nitrogen and oxygen atoms in total. The summed E-state index contributed by atoms with van der Waals surface area (Å²) in [7, 11) is 0. The van der Waals surface area contributed by atoms with Crippen LogP contribution in [0.1, 0.15) is 18.0 Å². The van der Waals surface area contributed by atoms with Crippen LogP contribution in [-0.4, -0.2) is 53.0 Å². The highest BCUT2D eigenvalue weighted by Crippen LogP contribution is 2.25. The predicted molar refractivity (Wildman–Crippen MR) is 99.7 cm³/mol. The molecule has 0 bridgehead atoms. The van der Waals surface area contributed by atoms with E-state index in [0.29, 0.717) is 24.5 Å². The first-order chi connectivity index (χ1) is 12.7. The number of nitrogens with one attached hydrogen (secondary N) is 2. The lowest BCUT2D eigenvalue weighted by Crippen LogP contribution is -2.54. The minimum atomic E-state index is -0.224. The molecule has 2 N–H and O–H groups in total. The van der Waals surface area contributed by atoms with Gasteiger partial charge in [-0.3, -0.25) is 4.79 Å². The third-order valence-corrected chi connectivity index (χ3v) is 5.11. The maximum atomic E-state index is 12.8. The van der Waals surface area contributed by atoms with E-state index in [1.807, 2.05) is 29.2 Å². The van der Waals surface area contributed by atoms with Gasteiger partial charge in [0.15, 0.2) is 0 Å². The van der Waals surface area contributed by atoms with E-state index in [4.69, 9.17) is 11.6 Å². The summed E-state index contributed by atoms with van der Waals surface area (Å²) in [4.78, 5) is 25.4. The number of aromatic nitrogens is 2. The van der Waals surface area contributed by atoms with Crippen molar-refractivity contribution >= 4 is 23.5 Å². The van der Waals surface area contributed by atoms with E-state index in [0.717, 1.165) is 24.6 Å². The highest BCUT2D eigenvalue weighted by atomic mass is 35.5. The molecule has 2 saturated heterocycles. The second kappa shape index (κ2) is 7.57. The fourth-order valence-electron chi connectivity index (χ4n) is 3.46. The van der Waals surface area contributed by atoms with Crippen molar-refractivity contribution in [2.45, 2.75) is 18.5 Å². The zero-order valence-corrected chi connectivity index (χ0v) is 15.1. The summed E-state index contributed by atoms with van der Waals surface area (Å²) in [5.74, 6) is 0.858. The molecule has 0 radical (unpaired) electrons. The van der Waals surface area contributed by atoms with Crippen molar-refractivity contribution in [3.05, 3.63) is 53.3 Å². The van der Waals surface area contributed by atoms with Gasteiger partial charge in [0.05, 0.1) is 0 Å². The van der Waals surface area contributed by atoms with E-state index in [-0.39, 0.29) is 18.0 Å². The molecule has 2 aromatic rings. The monoisotopic (exact) mass is 372 g/mol. The minimum absolute atomic E-state index is 0.0849. The Bertz CT molecular complexity index is 765. The van der Waals surface area contributed by atoms with Gasteiger partial charge in [0.1, 0.15) is 6.04 Å². The Hall–Kier alpha value is -2.22. The molecule has 136 valence electrons. The molecule has 4 rings (SSSR count). The first-order valence-electron chi connectivity index (χ1n) is 8.78. The van der Waals surface area contributed by atoms with Crippen molar-refractivity contribution in [1.82, 2.24) is 25.7 Å². The van der Waals surface area contributed by atoms with Gasteiger partial charge in [0.2, 0.25) is 11.9 Å². The average Bonchev–Trinajstić information content (AvgIpc) is 3.18. The molecule has 1 amide bonds. The van der Waals surface area contributed by atoms with Gasteiger partial charge >= 0.3 is 0 Å². The number of halogens is 1. The number of amides is 1. The van der Waals surface area contributed by atoms with Gasteiger partial charge in [-0.05, 0) is 30.2 Å². The first kappa shape index (κ1) is 17.2. The van der Waals surface area contributed by atoms with Crippen molar-refractivity contribution < 1.29 is 4.79 Å². The summed E-state index contributed by atoms with van der Waals surface area (Å²) < 4.78 is 0. The number of anilines is 1. The maximum absolute atomic E-state index is 12.8. The van der Waals surface area contributed by atoms with Crippen LogP contribution in [0.25, 0.3) is 0 Å². The Morgan fingerprint density at radius 2 is 1.85 bits per heavy atom. The third-order valence-electron chi connectivity index (χ3n) is 4.88. The maximum Gasteiger partial charge on any atom is 0.241 e. The zero-order chi connectivity index (χ0) is 17.9. The lowest BCUT2D eigenvalue weighted by Gasteiger charge is -2.35. The molecule has 1 aromatic heterocycles. The van der Waals surface area contributed by atoms with Crippen molar-refractivity contribution in [2.24, 2.45) is 0 Å². The minimum Gasteiger partial charge on any atom is -0.338 e. The Morgan fingerprint density at radius 3 is 2.58 bits per heavy atom. The van der Waals surface area contributed by atoms with E-state index in [1.165, 1.54) is 0 Å². The zero-order valence-electron chi connectivity index (χ0n) is 14.3. The third kappa shape index (κ3) is 3.65. The molecule has 2 aliphatic rings. The number of nitrogens with zero attached hydrogens (tertiary/aromatic N) is 4. The number of carbonyl (C=O) groups is 1. The number of hydrogen-bond donors (Lipinski definition) is 2. The Labute approximate surface area is 157 Å². The Balaban J connectivity index is 1.33. The summed E-state index contributed by atoms with van der Waals surface area (Å²) in [6, 6.07) is 9.41. The van der Waals surface area contributed by atoms with Crippen LogP contribution in [0.3, 0.4) is 0 Å². The average molecular weight is 373 g/mol. The standard InChI is InChI=1S/C18H21ClN6O/c19-14-4-1-3-13(11-14)15-12-16(23-22-15)17(26)24-7-9-25(10-8-24)18-20-5-2-6-21-18/h1-6,11,15-16,22-23H,7-10,12H2. The highest BCUT2D eigenvalue weighted by Gasteiger charge is 2.34. The molecule has 2 atom stereocenters. The molecule has 26 heavy (non-hydrogen) atoms. The highest BCUT2D eigenvalue weighted by molar-refractivity contribution is 6.30. The van der Waals surface area contributed by atoms with Crippen molar-refractivity contribution in [2.75, 3.05) is 31.1 Å². The molecular weight excluding hydrogens is 352 g/mol. The van der Waals surface area contributed by atoms with E-state index in [1.54, 1.807) is 18.5 Å². The van der Waals surface area contributed by atoms with Crippen LogP contribution in [0, 0.1) is 0 Å². The molecule has 0 saturated carbocycles. The molecule has 0 spiro atoms. The molecule has 0 aliphatic carbocycles. The predicted octanol–water partition coefficient (Wildman–Crippen LogP) is 1.39. The fraction of sp³-hybridized carbons (Fsp3) is 0.389. The van der Waals surface area contributed by atoms with Gasteiger partial charge in [0.25, 0.3) is 0 Å². The molecule has 8 heteroatoms. The molecule has 3 heterocycles. The molecular formula is C18H21ClN6O. The summed E-state index contributed by atoms with van der Waals surface area (Å²) in [6.07, 6.45) is 4.19. The van der Waals surface area contributed by atoms with Crippen LogP contribution in [0.5, 0.6) is 0 Å². The van der Waals surface area contributed by atoms with E-state index >= 15 is 0 Å². The van der Waals surface area contributed by atoms with E-state index in [2.05, 4.69) is 25.7 Å². The number of hydrazine groups is 1. The number of rotatable bonds is 3. The Morgan fingerprint density at radius 1 is 1.08 bits per heavy atom. The van der Waals surface area contributed by atoms with Crippen molar-refractivity contribution in [1.29, 1.82) is 0 Å². The summed E-state index contributed by atoms with van der Waals surface area (Å²) >= 11 is 6.07. The molecule has 1 aromatic carbocycles. The van der Waals surface area contributed by atoms with Gasteiger partial charge in [0, 0.05) is 49.6 Å². The number of benzene rings is 1. The molecule has 2 unspecified atom stereocenters. The smallest absolute Gasteiger partial charge is 0.241 e. The summed E-state index contributed by atoms with van der Waals surface area (Å²) in [5, 5.41) is 0.707. The SMILES string of the molecule is O=C(C1CC(c2cccc(Cl)c2)NN1)N1CCN(c2ncccn2)CC1. The number of carbonyl (C=O) groups excluding carboxylic acids is 1. The fourth-order valence-corrected chi connectivity index (χ4v) is 3.66. The normalized spacial score (nSPS) is 23.3. The van der Waals surface area contributed by atoms with Crippen LogP contribution >= 0.6 is 11.6 Å². The second-order valence-electron chi connectivity index (χ2n) is 6.55. The lowest BCUT2D eigenvalue weighted by molar-refractivity contribution is -0.133. The van der Waals surface area contributed by atoms with Crippen molar-refractivity contribution in [3.8, 4) is 0 Å².